The zero-order chi connectivity index (χ0) is 15.3. The van der Waals surface area contributed by atoms with Crippen molar-refractivity contribution < 1.29 is 0 Å². The normalized spacial score (nSPS) is 11.6. The van der Waals surface area contributed by atoms with Crippen LogP contribution < -0.4 is 0 Å². The lowest BCUT2D eigenvalue weighted by molar-refractivity contribution is 0.304. The monoisotopic (exact) mass is 404 g/mol. The summed E-state index contributed by atoms with van der Waals surface area (Å²) in [7, 11) is 12.3. The predicted molar refractivity (Wildman–Crippen MR) is 103 cm³/mol. The van der Waals surface area contributed by atoms with Crippen LogP contribution in [0.4, 0.5) is 0 Å². The van der Waals surface area contributed by atoms with E-state index in [1.165, 1.54) is 11.1 Å². The zero-order valence-corrected chi connectivity index (χ0v) is 16.6. The second-order valence-corrected chi connectivity index (χ2v) is 5.82. The number of hydrogen-bond acceptors (Lipinski definition) is 2. The van der Waals surface area contributed by atoms with Gasteiger partial charge in [-0.3, -0.25) is 4.99 Å². The molecule has 0 heterocycles. The van der Waals surface area contributed by atoms with Gasteiger partial charge in [0.15, 0.2) is 5.96 Å². The average Bonchev–Trinajstić information content (AvgIpc) is 2.34. The topological polar surface area (TPSA) is 22.1 Å². The Balaban J connectivity index is 0.00000400. The number of rotatable bonds is 4. The lowest BCUT2D eigenvalue weighted by Gasteiger charge is -2.26. The molecule has 120 valence electrons. The second kappa shape index (κ2) is 9.25. The van der Waals surface area contributed by atoms with Crippen LogP contribution in [0.3, 0.4) is 0 Å². The minimum absolute atomic E-state index is 0. The van der Waals surface area contributed by atoms with Crippen molar-refractivity contribution in [3.05, 3.63) is 35.4 Å². The molecule has 0 spiro atoms. The summed E-state index contributed by atoms with van der Waals surface area (Å²) in [5.41, 5.74) is 2.60. The van der Waals surface area contributed by atoms with Crippen LogP contribution in [-0.2, 0) is 0 Å². The molecule has 0 aliphatic rings. The first-order valence-electron chi connectivity index (χ1n) is 6.95. The molecule has 0 saturated heterocycles. The fraction of sp³-hybridized carbons (Fsp3) is 0.562. The smallest absolute Gasteiger partial charge is 0.195 e. The highest BCUT2D eigenvalue weighted by Crippen LogP contribution is 2.19. The van der Waals surface area contributed by atoms with E-state index in [1.807, 2.05) is 38.0 Å². The lowest BCUT2D eigenvalue weighted by Crippen LogP contribution is -2.36. The van der Waals surface area contributed by atoms with Gasteiger partial charge in [-0.1, -0.05) is 29.8 Å². The van der Waals surface area contributed by atoms with Crippen molar-refractivity contribution in [3.63, 3.8) is 0 Å². The lowest BCUT2D eigenvalue weighted by atomic mass is 10.0. The molecule has 5 heteroatoms. The maximum atomic E-state index is 4.77. The molecule has 0 aromatic heterocycles. The third-order valence-corrected chi connectivity index (χ3v) is 3.29. The van der Waals surface area contributed by atoms with E-state index in [0.29, 0.717) is 6.04 Å². The first kappa shape index (κ1) is 20.2. The maximum absolute atomic E-state index is 4.77. The first-order valence-corrected chi connectivity index (χ1v) is 6.95. The van der Waals surface area contributed by atoms with Gasteiger partial charge < -0.3 is 14.7 Å². The van der Waals surface area contributed by atoms with Crippen molar-refractivity contribution in [2.45, 2.75) is 13.0 Å². The molecular weight excluding hydrogens is 375 g/mol. The van der Waals surface area contributed by atoms with Crippen LogP contribution in [0.1, 0.15) is 17.2 Å². The molecule has 1 atom stereocenters. The third-order valence-electron chi connectivity index (χ3n) is 3.29. The van der Waals surface area contributed by atoms with E-state index in [9.17, 15) is 0 Å². The van der Waals surface area contributed by atoms with Crippen LogP contribution in [0.25, 0.3) is 0 Å². The molecule has 21 heavy (non-hydrogen) atoms. The van der Waals surface area contributed by atoms with Gasteiger partial charge in [0.05, 0.1) is 12.6 Å². The average molecular weight is 404 g/mol. The van der Waals surface area contributed by atoms with Crippen molar-refractivity contribution in [2.24, 2.45) is 4.99 Å². The summed E-state index contributed by atoms with van der Waals surface area (Å²) in [5.74, 6) is 0.990. The molecular formula is C16H29IN4. The molecule has 0 saturated carbocycles. The molecule has 1 unspecified atom stereocenters. The van der Waals surface area contributed by atoms with Gasteiger partial charge in [0.2, 0.25) is 0 Å². The van der Waals surface area contributed by atoms with Crippen LogP contribution in [0.2, 0.25) is 0 Å². The summed E-state index contributed by atoms with van der Waals surface area (Å²) in [4.78, 5) is 11.1. The molecule has 0 radical (unpaired) electrons. The van der Waals surface area contributed by atoms with Gasteiger partial charge in [0.25, 0.3) is 0 Å². The van der Waals surface area contributed by atoms with E-state index < -0.39 is 0 Å². The Bertz CT molecular complexity index is 428. The Labute approximate surface area is 146 Å². The molecule has 0 aliphatic carbocycles. The molecule has 4 nitrogen and oxygen atoms in total. The maximum Gasteiger partial charge on any atom is 0.195 e. The summed E-state index contributed by atoms with van der Waals surface area (Å²) in [6, 6.07) is 9.01. The highest BCUT2D eigenvalue weighted by atomic mass is 127. The molecule has 0 aliphatic heterocycles. The largest absolute Gasteiger partial charge is 0.349 e. The second-order valence-electron chi connectivity index (χ2n) is 5.82. The number of benzene rings is 1. The van der Waals surface area contributed by atoms with E-state index in [0.717, 1.165) is 12.5 Å². The summed E-state index contributed by atoms with van der Waals surface area (Å²) < 4.78 is 0. The number of aryl methyl sites for hydroxylation is 1. The molecule has 1 aromatic rings. The fourth-order valence-electron chi connectivity index (χ4n) is 2.21. The van der Waals surface area contributed by atoms with Crippen molar-refractivity contribution in [1.82, 2.24) is 14.7 Å². The van der Waals surface area contributed by atoms with Crippen LogP contribution in [0, 0.1) is 6.92 Å². The van der Waals surface area contributed by atoms with E-state index in [-0.39, 0.29) is 24.0 Å². The molecule has 1 rings (SSSR count). The summed E-state index contributed by atoms with van der Waals surface area (Å²) in [6.07, 6.45) is 0. The van der Waals surface area contributed by atoms with Gasteiger partial charge >= 0.3 is 0 Å². The predicted octanol–water partition coefficient (Wildman–Crippen LogP) is 2.69. The first-order chi connectivity index (χ1) is 9.32. The third kappa shape index (κ3) is 6.22. The van der Waals surface area contributed by atoms with Gasteiger partial charge in [-0.2, -0.15) is 0 Å². The number of hydrogen-bond donors (Lipinski definition) is 0. The van der Waals surface area contributed by atoms with Gasteiger partial charge in [0, 0.05) is 28.2 Å². The van der Waals surface area contributed by atoms with Gasteiger partial charge in [-0.15, -0.1) is 24.0 Å². The quantitative estimate of drug-likeness (QED) is 0.438. The van der Waals surface area contributed by atoms with Crippen LogP contribution in [0.15, 0.2) is 29.3 Å². The Morgan fingerprint density at radius 1 is 0.952 bits per heavy atom. The van der Waals surface area contributed by atoms with Gasteiger partial charge in [0.1, 0.15) is 0 Å². The van der Waals surface area contributed by atoms with Crippen LogP contribution >= 0.6 is 24.0 Å². The van der Waals surface area contributed by atoms with E-state index in [2.05, 4.69) is 50.2 Å². The van der Waals surface area contributed by atoms with E-state index in [1.54, 1.807) is 0 Å². The molecule has 0 bridgehead atoms. The van der Waals surface area contributed by atoms with Crippen molar-refractivity contribution >= 4 is 29.9 Å². The van der Waals surface area contributed by atoms with Gasteiger partial charge in [-0.05, 0) is 26.6 Å². The number of aliphatic imine (C=N–C) groups is 1. The fourth-order valence-corrected chi connectivity index (χ4v) is 2.21. The summed E-state index contributed by atoms with van der Waals surface area (Å²) >= 11 is 0. The number of halogens is 1. The van der Waals surface area contributed by atoms with E-state index >= 15 is 0 Å². The number of nitrogens with zero attached hydrogens (tertiary/aromatic N) is 4. The van der Waals surface area contributed by atoms with Crippen molar-refractivity contribution in [2.75, 3.05) is 48.8 Å². The summed E-state index contributed by atoms with van der Waals surface area (Å²) in [6.45, 7) is 2.87. The highest BCUT2D eigenvalue weighted by Gasteiger charge is 2.14. The Morgan fingerprint density at radius 3 is 1.81 bits per heavy atom. The Kier molecular flexibility index (Phi) is 8.89. The Hall–Kier alpha value is -0.820. The van der Waals surface area contributed by atoms with Crippen LogP contribution in [0.5, 0.6) is 0 Å². The number of guanidine groups is 1. The Morgan fingerprint density at radius 2 is 1.43 bits per heavy atom. The molecule has 0 N–H and O–H groups in total. The SMILES string of the molecule is Cc1ccc(C(CN=C(N(C)C)N(C)C)N(C)C)cc1.I. The molecule has 0 fully saturated rings. The highest BCUT2D eigenvalue weighted by molar-refractivity contribution is 14.0. The van der Waals surface area contributed by atoms with Crippen LogP contribution in [-0.4, -0.2) is 69.5 Å². The minimum Gasteiger partial charge on any atom is -0.349 e. The summed E-state index contributed by atoms with van der Waals surface area (Å²) in [5, 5.41) is 0. The zero-order valence-electron chi connectivity index (χ0n) is 14.3. The minimum atomic E-state index is 0. The van der Waals surface area contributed by atoms with Crippen molar-refractivity contribution in [3.8, 4) is 0 Å². The standard InChI is InChI=1S/C16H28N4.HI/c1-13-8-10-14(11-9-13)15(18(2)3)12-17-16(19(4)5)20(6)7;/h8-11,15H,12H2,1-7H3;1H. The molecule has 0 amide bonds. The van der Waals surface area contributed by atoms with Crippen molar-refractivity contribution in [1.29, 1.82) is 0 Å². The van der Waals surface area contributed by atoms with E-state index in [4.69, 9.17) is 4.99 Å². The molecule has 1 aromatic carbocycles. The van der Waals surface area contributed by atoms with Gasteiger partial charge in [-0.25, -0.2) is 0 Å². The number of likely N-dealkylation sites (N-methyl/N-ethyl adjacent to an activating group) is 1.